The molecular weight excluding hydrogens is 370 g/mol. The van der Waals surface area contributed by atoms with Crippen LogP contribution in [0.5, 0.6) is 17.2 Å². The van der Waals surface area contributed by atoms with Crippen LogP contribution in [-0.2, 0) is 27.3 Å². The lowest BCUT2D eigenvalue weighted by molar-refractivity contribution is -0.141. The molecule has 150 valence electrons. The van der Waals surface area contributed by atoms with Crippen LogP contribution in [0.3, 0.4) is 0 Å². The third-order valence-corrected chi connectivity index (χ3v) is 3.66. The minimum Gasteiger partial charge on any atom is -0.493 e. The lowest BCUT2D eigenvalue weighted by atomic mass is 10.1. The number of ether oxygens (including phenoxy) is 3. The summed E-state index contributed by atoms with van der Waals surface area (Å²) < 4.78 is 20.8. The van der Waals surface area contributed by atoms with Gasteiger partial charge in [-0.2, -0.15) is 0 Å². The van der Waals surface area contributed by atoms with Gasteiger partial charge in [-0.3, -0.25) is 25.2 Å². The summed E-state index contributed by atoms with van der Waals surface area (Å²) in [6.07, 6.45) is 1.32. The predicted octanol–water partition coefficient (Wildman–Crippen LogP) is 0.312. The van der Waals surface area contributed by atoms with Gasteiger partial charge in [-0.05, 0) is 18.2 Å². The number of nitrogens with one attached hydrogen (secondary N) is 3. The van der Waals surface area contributed by atoms with E-state index in [9.17, 15) is 14.4 Å². The molecule has 0 atom stereocenters. The Bertz CT molecular complexity index is 834. The molecule has 0 spiro atoms. The van der Waals surface area contributed by atoms with E-state index in [0.29, 0.717) is 28.6 Å². The topological polar surface area (TPSA) is 128 Å². The van der Waals surface area contributed by atoms with Crippen LogP contribution >= 0.6 is 0 Å². The summed E-state index contributed by atoms with van der Waals surface area (Å²) in [5, 5.41) is 2.36. The van der Waals surface area contributed by atoms with Crippen molar-refractivity contribution in [1.29, 1.82) is 0 Å². The third kappa shape index (κ3) is 5.16. The van der Waals surface area contributed by atoms with Crippen molar-refractivity contribution in [3.8, 4) is 17.2 Å². The van der Waals surface area contributed by atoms with Gasteiger partial charge < -0.3 is 23.9 Å². The van der Waals surface area contributed by atoms with E-state index in [0.717, 1.165) is 0 Å². The minimum atomic E-state index is -1.01. The van der Waals surface area contributed by atoms with Gasteiger partial charge in [-0.1, -0.05) is 6.07 Å². The fourth-order valence-corrected chi connectivity index (χ4v) is 2.36. The smallest absolute Gasteiger partial charge is 0.327 e. The maximum absolute atomic E-state index is 12.1. The first-order valence-corrected chi connectivity index (χ1v) is 8.17. The Morgan fingerprint density at radius 2 is 1.68 bits per heavy atom. The van der Waals surface area contributed by atoms with Gasteiger partial charge in [0, 0.05) is 5.56 Å². The van der Waals surface area contributed by atoms with Crippen LogP contribution in [0.15, 0.2) is 34.9 Å². The second kappa shape index (κ2) is 9.86. The van der Waals surface area contributed by atoms with Crippen LogP contribution in [0.4, 0.5) is 0 Å². The number of hydrogen-bond acceptors (Lipinski definition) is 7. The maximum Gasteiger partial charge on any atom is 0.327 e. The summed E-state index contributed by atoms with van der Waals surface area (Å²) in [4.78, 5) is 35.5. The first kappa shape index (κ1) is 20.6. The van der Waals surface area contributed by atoms with E-state index in [1.165, 1.54) is 27.6 Å². The Balaban J connectivity index is 1.89. The summed E-state index contributed by atoms with van der Waals surface area (Å²) in [6, 6.07) is 6.57. The Morgan fingerprint density at radius 3 is 2.29 bits per heavy atom. The predicted molar refractivity (Wildman–Crippen MR) is 96.6 cm³/mol. The zero-order valence-corrected chi connectivity index (χ0v) is 15.7. The van der Waals surface area contributed by atoms with Crippen molar-refractivity contribution in [2.45, 2.75) is 13.0 Å². The molecule has 0 radical (unpaired) electrons. The molecule has 0 saturated carbocycles. The molecule has 0 aliphatic carbocycles. The molecule has 1 heterocycles. The summed E-state index contributed by atoms with van der Waals surface area (Å²) in [6.45, 7) is 0.0516. The van der Waals surface area contributed by atoms with Crippen LogP contribution < -0.4 is 30.4 Å². The molecule has 28 heavy (non-hydrogen) atoms. The number of hydrogen-bond donors (Lipinski definition) is 3. The molecule has 0 aliphatic heterocycles. The van der Waals surface area contributed by atoms with Crippen molar-refractivity contribution in [2.24, 2.45) is 0 Å². The molecule has 1 aromatic carbocycles. The van der Waals surface area contributed by atoms with Crippen molar-refractivity contribution >= 4 is 17.7 Å². The largest absolute Gasteiger partial charge is 0.493 e. The third-order valence-electron chi connectivity index (χ3n) is 3.66. The van der Waals surface area contributed by atoms with E-state index in [4.69, 9.17) is 18.6 Å². The van der Waals surface area contributed by atoms with E-state index in [2.05, 4.69) is 10.7 Å². The van der Waals surface area contributed by atoms with Gasteiger partial charge >= 0.3 is 11.8 Å². The number of hydrazine groups is 1. The molecule has 1 aromatic heterocycles. The molecule has 0 bridgehead atoms. The van der Waals surface area contributed by atoms with Gasteiger partial charge in [-0.25, -0.2) is 0 Å². The number of carbonyl (C=O) groups is 3. The van der Waals surface area contributed by atoms with E-state index in [1.807, 2.05) is 5.43 Å². The van der Waals surface area contributed by atoms with E-state index < -0.39 is 17.7 Å². The number of amides is 3. The minimum absolute atomic E-state index is 0.0516. The SMILES string of the molecule is COc1ccc(CC(=O)NNC(=O)C(=O)NCc2ccco2)c(OC)c1OC. The molecular formula is C18H21N3O7. The molecule has 0 unspecified atom stereocenters. The van der Waals surface area contributed by atoms with Crippen molar-refractivity contribution in [3.63, 3.8) is 0 Å². The van der Waals surface area contributed by atoms with Gasteiger partial charge in [0.2, 0.25) is 11.7 Å². The van der Waals surface area contributed by atoms with Crippen LogP contribution in [0, 0.1) is 0 Å². The first-order chi connectivity index (χ1) is 13.5. The van der Waals surface area contributed by atoms with Crippen molar-refractivity contribution in [2.75, 3.05) is 21.3 Å². The molecule has 3 amide bonds. The quantitative estimate of drug-likeness (QED) is 0.458. The zero-order valence-electron chi connectivity index (χ0n) is 15.7. The number of rotatable bonds is 7. The van der Waals surface area contributed by atoms with Gasteiger partial charge in [0.05, 0.1) is 40.6 Å². The van der Waals surface area contributed by atoms with Crippen LogP contribution in [0.1, 0.15) is 11.3 Å². The lowest BCUT2D eigenvalue weighted by Crippen LogP contribution is -2.48. The normalized spacial score (nSPS) is 9.96. The molecule has 10 nitrogen and oxygen atoms in total. The second-order valence-electron chi connectivity index (χ2n) is 5.43. The molecule has 2 aromatic rings. The van der Waals surface area contributed by atoms with E-state index in [1.54, 1.807) is 24.3 Å². The Labute approximate surface area is 161 Å². The fraction of sp³-hybridized carbons (Fsp3) is 0.278. The maximum atomic E-state index is 12.1. The second-order valence-corrected chi connectivity index (χ2v) is 5.43. The highest BCUT2D eigenvalue weighted by Crippen LogP contribution is 2.39. The van der Waals surface area contributed by atoms with Crippen molar-refractivity contribution in [3.05, 3.63) is 41.9 Å². The van der Waals surface area contributed by atoms with Crippen molar-refractivity contribution in [1.82, 2.24) is 16.2 Å². The average Bonchev–Trinajstić information content (AvgIpc) is 3.23. The van der Waals surface area contributed by atoms with Crippen molar-refractivity contribution < 1.29 is 33.0 Å². The highest BCUT2D eigenvalue weighted by molar-refractivity contribution is 6.35. The number of furan rings is 1. The molecule has 10 heteroatoms. The van der Waals surface area contributed by atoms with Crippen LogP contribution in [0.2, 0.25) is 0 Å². The number of benzene rings is 1. The zero-order chi connectivity index (χ0) is 20.5. The number of methoxy groups -OCH3 is 3. The summed E-state index contributed by atoms with van der Waals surface area (Å²) in [5.74, 6) is -0.871. The van der Waals surface area contributed by atoms with E-state index >= 15 is 0 Å². The highest BCUT2D eigenvalue weighted by atomic mass is 16.5. The lowest BCUT2D eigenvalue weighted by Gasteiger charge is -2.15. The van der Waals surface area contributed by atoms with Gasteiger partial charge in [0.25, 0.3) is 0 Å². The average molecular weight is 391 g/mol. The number of carbonyl (C=O) groups excluding carboxylic acids is 3. The van der Waals surface area contributed by atoms with Crippen LogP contribution in [-0.4, -0.2) is 39.1 Å². The molecule has 0 aliphatic rings. The van der Waals surface area contributed by atoms with Gasteiger partial charge in [-0.15, -0.1) is 0 Å². The Morgan fingerprint density at radius 1 is 0.929 bits per heavy atom. The molecule has 2 rings (SSSR count). The molecule has 3 N–H and O–H groups in total. The fourth-order valence-electron chi connectivity index (χ4n) is 2.36. The Kier molecular flexibility index (Phi) is 7.26. The summed E-state index contributed by atoms with van der Waals surface area (Å²) >= 11 is 0. The summed E-state index contributed by atoms with van der Waals surface area (Å²) in [5.41, 5.74) is 4.72. The highest BCUT2D eigenvalue weighted by Gasteiger charge is 2.19. The summed E-state index contributed by atoms with van der Waals surface area (Å²) in [7, 11) is 4.37. The van der Waals surface area contributed by atoms with E-state index in [-0.39, 0.29) is 13.0 Å². The standard InChI is InChI=1S/C18H21N3O7/c1-25-13-7-6-11(15(26-2)16(13)27-3)9-14(22)20-21-18(24)17(23)19-10-12-5-4-8-28-12/h4-8H,9-10H2,1-3H3,(H,19,23)(H,20,22)(H,21,24). The molecule has 0 fully saturated rings. The van der Waals surface area contributed by atoms with Crippen LogP contribution in [0.25, 0.3) is 0 Å². The monoisotopic (exact) mass is 391 g/mol. The molecule has 0 saturated heterocycles. The van der Waals surface area contributed by atoms with Gasteiger partial charge in [0.15, 0.2) is 11.5 Å². The Hall–Kier alpha value is -3.69. The first-order valence-electron chi connectivity index (χ1n) is 8.17. The van der Waals surface area contributed by atoms with Gasteiger partial charge in [0.1, 0.15) is 5.76 Å².